The highest BCUT2D eigenvalue weighted by Crippen LogP contribution is 2.21. The Morgan fingerprint density at radius 3 is 2.59 bits per heavy atom. The van der Waals surface area contributed by atoms with E-state index >= 15 is 0 Å². The van der Waals surface area contributed by atoms with Gasteiger partial charge in [0, 0.05) is 12.6 Å². The summed E-state index contributed by atoms with van der Waals surface area (Å²) in [5.41, 5.74) is 2.84. The maximum Gasteiger partial charge on any atom is 0.240 e. The van der Waals surface area contributed by atoms with Gasteiger partial charge in [0.1, 0.15) is 12.3 Å². The summed E-state index contributed by atoms with van der Waals surface area (Å²) < 4.78 is 5.16. The van der Waals surface area contributed by atoms with E-state index in [4.69, 9.17) is 4.42 Å². The molecule has 1 N–H and O–H groups in total. The smallest absolute Gasteiger partial charge is 0.240 e. The summed E-state index contributed by atoms with van der Waals surface area (Å²) in [6.07, 6.45) is 1.55. The Kier molecular flexibility index (Phi) is 4.99. The lowest BCUT2D eigenvalue weighted by Crippen LogP contribution is -2.39. The molecular formula is C17H20N2O3. The number of hydrogen-bond donors (Lipinski definition) is 1. The Labute approximate surface area is 129 Å². The van der Waals surface area contributed by atoms with Gasteiger partial charge in [-0.1, -0.05) is 17.7 Å². The predicted molar refractivity (Wildman–Crippen MR) is 84.5 cm³/mol. The maximum absolute atomic E-state index is 12.1. The summed E-state index contributed by atoms with van der Waals surface area (Å²) in [6.45, 7) is 5.67. The molecule has 1 aromatic heterocycles. The van der Waals surface area contributed by atoms with Crippen LogP contribution in [-0.4, -0.2) is 18.4 Å². The fraction of sp³-hybridized carbons (Fsp3) is 0.294. The number of nitrogens with one attached hydrogen (secondary N) is 1. The average molecular weight is 300 g/mol. The lowest BCUT2D eigenvalue weighted by Gasteiger charge is -2.22. The molecular weight excluding hydrogens is 280 g/mol. The van der Waals surface area contributed by atoms with Gasteiger partial charge < -0.3 is 14.6 Å². The van der Waals surface area contributed by atoms with Crippen molar-refractivity contribution in [2.75, 3.05) is 11.4 Å². The van der Waals surface area contributed by atoms with E-state index in [0.29, 0.717) is 12.3 Å². The predicted octanol–water partition coefficient (Wildman–Crippen LogP) is 2.57. The van der Waals surface area contributed by atoms with Crippen molar-refractivity contribution in [3.8, 4) is 0 Å². The van der Waals surface area contributed by atoms with E-state index in [2.05, 4.69) is 5.32 Å². The number of benzene rings is 1. The van der Waals surface area contributed by atoms with Gasteiger partial charge >= 0.3 is 0 Å². The number of aryl methyl sites for hydroxylation is 2. The number of furan rings is 1. The summed E-state index contributed by atoms with van der Waals surface area (Å²) in [4.78, 5) is 25.4. The molecule has 0 atom stereocenters. The minimum absolute atomic E-state index is 0.0139. The number of hydrogen-bond acceptors (Lipinski definition) is 3. The molecule has 0 aliphatic rings. The second-order valence-corrected chi connectivity index (χ2v) is 5.25. The third-order valence-electron chi connectivity index (χ3n) is 3.36. The van der Waals surface area contributed by atoms with Crippen LogP contribution in [0.4, 0.5) is 5.69 Å². The van der Waals surface area contributed by atoms with Gasteiger partial charge in [-0.3, -0.25) is 9.59 Å². The van der Waals surface area contributed by atoms with Crippen LogP contribution in [0.5, 0.6) is 0 Å². The lowest BCUT2D eigenvalue weighted by molar-refractivity contribution is -0.123. The molecule has 2 rings (SSSR count). The summed E-state index contributed by atoms with van der Waals surface area (Å²) in [6, 6.07) is 9.34. The van der Waals surface area contributed by atoms with E-state index in [-0.39, 0.29) is 18.4 Å². The zero-order valence-electron chi connectivity index (χ0n) is 13.1. The number of nitrogens with zero attached hydrogens (tertiary/aromatic N) is 1. The zero-order valence-corrected chi connectivity index (χ0v) is 13.1. The minimum Gasteiger partial charge on any atom is -0.467 e. The Morgan fingerprint density at radius 2 is 2.00 bits per heavy atom. The van der Waals surface area contributed by atoms with Gasteiger partial charge in [0.2, 0.25) is 11.8 Å². The first kappa shape index (κ1) is 15.8. The van der Waals surface area contributed by atoms with Gasteiger partial charge in [-0.05, 0) is 37.6 Å². The van der Waals surface area contributed by atoms with E-state index in [1.807, 2.05) is 32.0 Å². The third kappa shape index (κ3) is 3.97. The average Bonchev–Trinajstić information content (AvgIpc) is 2.96. The van der Waals surface area contributed by atoms with Crippen molar-refractivity contribution < 1.29 is 14.0 Å². The van der Waals surface area contributed by atoms with Crippen LogP contribution in [0.15, 0.2) is 41.0 Å². The second-order valence-electron chi connectivity index (χ2n) is 5.25. The first-order valence-corrected chi connectivity index (χ1v) is 7.12. The number of carbonyl (C=O) groups excluding carboxylic acids is 2. The summed E-state index contributed by atoms with van der Waals surface area (Å²) in [5.74, 6) is 0.279. The quantitative estimate of drug-likeness (QED) is 0.923. The first-order chi connectivity index (χ1) is 10.5. The molecule has 1 aromatic carbocycles. The number of carbonyl (C=O) groups is 2. The molecule has 0 saturated heterocycles. The lowest BCUT2D eigenvalue weighted by atomic mass is 10.1. The highest BCUT2D eigenvalue weighted by atomic mass is 16.3. The minimum atomic E-state index is -0.230. The summed E-state index contributed by atoms with van der Waals surface area (Å²) in [5, 5.41) is 2.74. The number of amides is 2. The molecule has 5 heteroatoms. The largest absolute Gasteiger partial charge is 0.467 e. The molecule has 0 spiro atoms. The van der Waals surface area contributed by atoms with Gasteiger partial charge in [0.15, 0.2) is 0 Å². The highest BCUT2D eigenvalue weighted by molar-refractivity contribution is 5.98. The Morgan fingerprint density at radius 1 is 1.23 bits per heavy atom. The van der Waals surface area contributed by atoms with E-state index in [0.717, 1.165) is 16.8 Å². The van der Waals surface area contributed by atoms with E-state index in [1.165, 1.54) is 11.8 Å². The van der Waals surface area contributed by atoms with Crippen LogP contribution in [0.25, 0.3) is 0 Å². The maximum atomic E-state index is 12.1. The fourth-order valence-electron chi connectivity index (χ4n) is 2.27. The molecule has 2 amide bonds. The van der Waals surface area contributed by atoms with Crippen LogP contribution in [-0.2, 0) is 16.1 Å². The van der Waals surface area contributed by atoms with Crippen molar-refractivity contribution >= 4 is 17.5 Å². The Hall–Kier alpha value is -2.56. The third-order valence-corrected chi connectivity index (χ3v) is 3.36. The van der Waals surface area contributed by atoms with Gasteiger partial charge in [0.25, 0.3) is 0 Å². The monoisotopic (exact) mass is 300 g/mol. The highest BCUT2D eigenvalue weighted by Gasteiger charge is 2.17. The molecule has 1 heterocycles. The number of rotatable bonds is 5. The molecule has 0 aliphatic carbocycles. The molecule has 22 heavy (non-hydrogen) atoms. The standard InChI is InChI=1S/C17H20N2O3/c1-12-6-7-16(13(2)9-12)19(14(3)20)11-17(21)18-10-15-5-4-8-22-15/h4-9H,10-11H2,1-3H3,(H,18,21). The van der Waals surface area contributed by atoms with E-state index in [1.54, 1.807) is 18.4 Å². The van der Waals surface area contributed by atoms with Gasteiger partial charge in [-0.2, -0.15) is 0 Å². The van der Waals surface area contributed by atoms with Crippen LogP contribution < -0.4 is 10.2 Å². The van der Waals surface area contributed by atoms with Crippen molar-refractivity contribution in [1.82, 2.24) is 5.32 Å². The molecule has 0 radical (unpaired) electrons. The van der Waals surface area contributed by atoms with E-state index < -0.39 is 0 Å². The van der Waals surface area contributed by atoms with Crippen LogP contribution in [0.2, 0.25) is 0 Å². The van der Waals surface area contributed by atoms with Gasteiger partial charge in [0.05, 0.1) is 12.8 Å². The molecule has 0 bridgehead atoms. The Bertz CT molecular complexity index is 663. The first-order valence-electron chi connectivity index (χ1n) is 7.12. The van der Waals surface area contributed by atoms with Crippen LogP contribution in [0, 0.1) is 13.8 Å². The molecule has 0 unspecified atom stereocenters. The van der Waals surface area contributed by atoms with Crippen molar-refractivity contribution in [2.45, 2.75) is 27.3 Å². The fourth-order valence-corrected chi connectivity index (χ4v) is 2.27. The van der Waals surface area contributed by atoms with Crippen molar-refractivity contribution in [1.29, 1.82) is 0 Å². The van der Waals surface area contributed by atoms with Gasteiger partial charge in [-0.25, -0.2) is 0 Å². The molecule has 0 aliphatic heterocycles. The Balaban J connectivity index is 2.05. The van der Waals surface area contributed by atoms with E-state index in [9.17, 15) is 9.59 Å². The summed E-state index contributed by atoms with van der Waals surface area (Å²) in [7, 11) is 0. The van der Waals surface area contributed by atoms with Crippen LogP contribution in [0.3, 0.4) is 0 Å². The van der Waals surface area contributed by atoms with Crippen LogP contribution in [0.1, 0.15) is 23.8 Å². The molecule has 0 saturated carbocycles. The normalized spacial score (nSPS) is 10.3. The second kappa shape index (κ2) is 6.93. The SMILES string of the molecule is CC(=O)N(CC(=O)NCc1ccco1)c1ccc(C)cc1C. The van der Waals surface area contributed by atoms with Crippen molar-refractivity contribution in [3.63, 3.8) is 0 Å². The molecule has 2 aromatic rings. The van der Waals surface area contributed by atoms with Crippen molar-refractivity contribution in [3.05, 3.63) is 53.5 Å². The topological polar surface area (TPSA) is 62.6 Å². The summed E-state index contributed by atoms with van der Waals surface area (Å²) >= 11 is 0. The molecule has 5 nitrogen and oxygen atoms in total. The van der Waals surface area contributed by atoms with Crippen LogP contribution >= 0.6 is 0 Å². The number of anilines is 1. The van der Waals surface area contributed by atoms with Crippen molar-refractivity contribution in [2.24, 2.45) is 0 Å². The molecule has 0 fully saturated rings. The van der Waals surface area contributed by atoms with Gasteiger partial charge in [-0.15, -0.1) is 0 Å². The zero-order chi connectivity index (χ0) is 16.1. The molecule has 116 valence electrons.